The molecule has 4 heterocycles. The van der Waals surface area contributed by atoms with Crippen LogP contribution in [0, 0.1) is 0 Å². The Kier molecular flexibility index (Phi) is 5.22. The van der Waals surface area contributed by atoms with E-state index in [0.717, 1.165) is 16.7 Å². The van der Waals surface area contributed by atoms with Gasteiger partial charge in [0.2, 0.25) is 5.69 Å². The van der Waals surface area contributed by atoms with Crippen molar-refractivity contribution >= 4 is 0 Å². The van der Waals surface area contributed by atoms with Crippen molar-refractivity contribution in [1.29, 1.82) is 0 Å². The van der Waals surface area contributed by atoms with Crippen LogP contribution in [0.5, 0.6) is 5.88 Å². The summed E-state index contributed by atoms with van der Waals surface area (Å²) in [6, 6.07) is 9.88. The lowest BCUT2D eigenvalue weighted by Crippen LogP contribution is -3.00. The third-order valence-electron chi connectivity index (χ3n) is 4.30. The Balaban J connectivity index is 0.00000210. The number of hydrogen-bond acceptors (Lipinski definition) is 4. The van der Waals surface area contributed by atoms with Crippen LogP contribution in [0.2, 0.25) is 0 Å². The van der Waals surface area contributed by atoms with Crippen molar-refractivity contribution in [3.63, 3.8) is 0 Å². The summed E-state index contributed by atoms with van der Waals surface area (Å²) in [6.45, 7) is 0.751. The smallest absolute Gasteiger partial charge is 0.440 e. The molecule has 0 saturated carbocycles. The Morgan fingerprint density at radius 1 is 1.00 bits per heavy atom. The van der Waals surface area contributed by atoms with Gasteiger partial charge < -0.3 is 33.7 Å². The lowest BCUT2D eigenvalue weighted by Gasteiger charge is -2.14. The van der Waals surface area contributed by atoms with Crippen molar-refractivity contribution in [3.8, 4) is 23.3 Å². The topological polar surface area (TPSA) is 83.5 Å². The molecule has 0 amide bonds. The van der Waals surface area contributed by atoms with Crippen molar-refractivity contribution < 1.29 is 38.2 Å². The number of imidazole rings is 1. The molecule has 2 aromatic rings. The van der Waals surface area contributed by atoms with Gasteiger partial charge in [0.1, 0.15) is 0 Å². The third-order valence-corrected chi connectivity index (χ3v) is 4.30. The summed E-state index contributed by atoms with van der Waals surface area (Å²) in [6.07, 6.45) is 7.69. The van der Waals surface area contributed by atoms with Crippen molar-refractivity contribution in [2.75, 3.05) is 0 Å². The van der Waals surface area contributed by atoms with E-state index >= 15 is 0 Å². The van der Waals surface area contributed by atoms with Gasteiger partial charge in [-0.2, -0.15) is 0 Å². The van der Waals surface area contributed by atoms with Gasteiger partial charge in [-0.05, 0) is 17.1 Å². The van der Waals surface area contributed by atoms with E-state index in [0.29, 0.717) is 5.95 Å². The molecule has 0 aromatic carbocycles. The first kappa shape index (κ1) is 19.0. The SMILES string of the molecule is Cn1c2nc(-[n+]3ccc(C[n+]4ccccc4)cc3)nc-2c([O-])n(C)c1=O.[I-]. The molecule has 0 unspecified atom stereocenters. The highest BCUT2D eigenvalue weighted by molar-refractivity contribution is 5.58. The lowest BCUT2D eigenvalue weighted by molar-refractivity contribution is -0.688. The fourth-order valence-corrected chi connectivity index (χ4v) is 2.82. The van der Waals surface area contributed by atoms with Crippen LogP contribution < -0.4 is 43.9 Å². The average molecular weight is 476 g/mol. The van der Waals surface area contributed by atoms with E-state index in [1.54, 1.807) is 11.6 Å². The maximum atomic E-state index is 12.2. The summed E-state index contributed by atoms with van der Waals surface area (Å²) in [5.74, 6) is 0.196. The largest absolute Gasteiger partial charge is 1.00 e. The highest BCUT2D eigenvalue weighted by Crippen LogP contribution is 2.23. The van der Waals surface area contributed by atoms with Crippen LogP contribution >= 0.6 is 0 Å². The summed E-state index contributed by atoms with van der Waals surface area (Å²) in [7, 11) is 3.01. The van der Waals surface area contributed by atoms with E-state index in [9.17, 15) is 9.90 Å². The molecule has 2 aliphatic heterocycles. The molecule has 0 bridgehead atoms. The van der Waals surface area contributed by atoms with Crippen molar-refractivity contribution in [2.24, 2.45) is 14.1 Å². The summed E-state index contributed by atoms with van der Waals surface area (Å²) in [4.78, 5) is 20.7. The van der Waals surface area contributed by atoms with Gasteiger partial charge in [-0.15, -0.1) is 0 Å². The average Bonchev–Trinajstić information content (AvgIpc) is 3.12. The Morgan fingerprint density at radius 2 is 1.67 bits per heavy atom. The zero-order valence-electron chi connectivity index (χ0n) is 14.8. The lowest BCUT2D eigenvalue weighted by atomic mass is 10.2. The monoisotopic (exact) mass is 476 g/mol. The first-order valence-corrected chi connectivity index (χ1v) is 8.10. The van der Waals surface area contributed by atoms with E-state index in [1.807, 2.05) is 55.1 Å². The first-order chi connectivity index (χ1) is 12.5. The molecule has 9 heteroatoms. The number of fused-ring (bicyclic) bond motifs is 1. The van der Waals surface area contributed by atoms with Gasteiger partial charge in [0.25, 0.3) is 5.82 Å². The van der Waals surface area contributed by atoms with Gasteiger partial charge in [0.15, 0.2) is 18.9 Å². The predicted molar refractivity (Wildman–Crippen MR) is 89.6 cm³/mol. The maximum absolute atomic E-state index is 12.2. The quantitative estimate of drug-likeness (QED) is 0.225. The molecular weight excluding hydrogens is 459 g/mol. The van der Waals surface area contributed by atoms with Crippen LogP contribution in [-0.2, 0) is 20.6 Å². The van der Waals surface area contributed by atoms with Gasteiger partial charge in [0, 0.05) is 37.7 Å². The van der Waals surface area contributed by atoms with E-state index < -0.39 is 11.6 Å². The molecule has 0 atom stereocenters. The third kappa shape index (κ3) is 3.42. The Morgan fingerprint density at radius 3 is 2.33 bits per heavy atom. The fraction of sp³-hybridized carbons (Fsp3) is 0.167. The summed E-state index contributed by atoms with van der Waals surface area (Å²) in [5, 5.41) is 12.2. The summed E-state index contributed by atoms with van der Waals surface area (Å²) < 4.78 is 6.16. The second-order valence-electron chi connectivity index (χ2n) is 6.06. The van der Waals surface area contributed by atoms with Crippen LogP contribution in [0.15, 0.2) is 59.9 Å². The van der Waals surface area contributed by atoms with Crippen LogP contribution in [0.3, 0.4) is 0 Å². The number of pyridine rings is 2. The van der Waals surface area contributed by atoms with E-state index in [1.165, 1.54) is 11.6 Å². The standard InChI is InChI=1S/C18H17N6O2.HI/c1-21-15-14(16(25)22(2)18(21)26)19-17(20-15)24-10-6-13(7-11-24)12-23-8-4-3-5-9-23;/h3-11H,12H2,1-2H3;1H/q+1;/p-1. The van der Waals surface area contributed by atoms with Gasteiger partial charge >= 0.3 is 11.6 Å². The fourth-order valence-electron chi connectivity index (χ4n) is 2.82. The number of hydrogen-bond donors (Lipinski definition) is 0. The molecular formula is C18H17IN6O2. The Labute approximate surface area is 172 Å². The molecule has 0 aliphatic carbocycles. The van der Waals surface area contributed by atoms with Crippen LogP contribution in [0.1, 0.15) is 5.56 Å². The van der Waals surface area contributed by atoms with Gasteiger partial charge in [-0.3, -0.25) is 4.57 Å². The molecule has 0 radical (unpaired) electrons. The molecule has 0 saturated heterocycles. The van der Waals surface area contributed by atoms with Gasteiger partial charge in [-0.25, -0.2) is 13.9 Å². The first-order valence-electron chi connectivity index (χ1n) is 8.10. The maximum Gasteiger partial charge on any atom is 0.440 e. The minimum atomic E-state index is -0.445. The second kappa shape index (κ2) is 7.43. The van der Waals surface area contributed by atoms with E-state index in [-0.39, 0.29) is 35.5 Å². The normalized spacial score (nSPS) is 10.7. The predicted octanol–water partition coefficient (Wildman–Crippen LogP) is -3.69. The van der Waals surface area contributed by atoms with Crippen LogP contribution in [0.25, 0.3) is 17.5 Å². The number of halogens is 1. The van der Waals surface area contributed by atoms with E-state index in [4.69, 9.17) is 0 Å². The molecule has 0 fully saturated rings. The molecule has 138 valence electrons. The van der Waals surface area contributed by atoms with Crippen LogP contribution in [0.4, 0.5) is 0 Å². The minimum absolute atomic E-state index is 0. The van der Waals surface area contributed by atoms with E-state index in [2.05, 4.69) is 14.5 Å². The van der Waals surface area contributed by atoms with Crippen molar-refractivity contribution in [1.82, 2.24) is 19.1 Å². The summed E-state index contributed by atoms with van der Waals surface area (Å²) >= 11 is 0. The number of nitrogens with zero attached hydrogens (tertiary/aromatic N) is 6. The molecule has 8 nitrogen and oxygen atoms in total. The minimum Gasteiger partial charge on any atom is -1.00 e. The zero-order chi connectivity index (χ0) is 18.3. The highest BCUT2D eigenvalue weighted by atomic mass is 127. The molecule has 0 spiro atoms. The molecule has 0 N–H and O–H groups in total. The molecule has 27 heavy (non-hydrogen) atoms. The Bertz CT molecular complexity index is 1110. The van der Waals surface area contributed by atoms with Crippen molar-refractivity contribution in [2.45, 2.75) is 6.54 Å². The highest BCUT2D eigenvalue weighted by Gasteiger charge is 2.27. The molecule has 4 rings (SSSR count). The van der Waals surface area contributed by atoms with Crippen LogP contribution in [-0.4, -0.2) is 19.1 Å². The number of rotatable bonds is 3. The molecule has 2 aromatic heterocycles. The molecule has 2 aliphatic rings. The van der Waals surface area contributed by atoms with Crippen molar-refractivity contribution in [3.05, 3.63) is 71.2 Å². The summed E-state index contributed by atoms with van der Waals surface area (Å²) in [5.41, 5.74) is 0.882. The second-order valence-corrected chi connectivity index (χ2v) is 6.06. The zero-order valence-corrected chi connectivity index (χ0v) is 16.9. The van der Waals surface area contributed by atoms with Gasteiger partial charge in [-0.1, -0.05) is 11.1 Å². The number of aromatic nitrogens is 6. The van der Waals surface area contributed by atoms with Gasteiger partial charge in [0.05, 0.1) is 12.4 Å². The Hall–Kier alpha value is -2.82.